The molecule has 0 aliphatic heterocycles. The summed E-state index contributed by atoms with van der Waals surface area (Å²) in [5.74, 6) is 1.27. The minimum absolute atomic E-state index is 0.103. The molecule has 0 radical (unpaired) electrons. The molecule has 0 fully saturated rings. The Kier molecular flexibility index (Phi) is 15.1. The lowest BCUT2D eigenvalue weighted by Gasteiger charge is -2.27. The first-order valence-electron chi connectivity index (χ1n) is 16.3. The molecule has 0 atom stereocenters. The molecule has 0 N–H and O–H groups in total. The largest absolute Gasteiger partial charge is 0.459 e. The summed E-state index contributed by atoms with van der Waals surface area (Å²) in [5.41, 5.74) is 2.28. The highest BCUT2D eigenvalue weighted by Crippen LogP contribution is 2.16. The quantitative estimate of drug-likeness (QED) is 0.123. The molecule has 0 aromatic carbocycles. The Bertz CT molecular complexity index is 1200. The van der Waals surface area contributed by atoms with E-state index < -0.39 is 54.4 Å². The van der Waals surface area contributed by atoms with Crippen molar-refractivity contribution in [3.05, 3.63) is 29.1 Å². The molecule has 1 aromatic rings. The number of carbonyl (C=O) groups is 4. The van der Waals surface area contributed by atoms with Gasteiger partial charge in [-0.1, -0.05) is 25.6 Å². The molecule has 270 valence electrons. The van der Waals surface area contributed by atoms with Gasteiger partial charge in [-0.15, -0.1) is 5.54 Å². The van der Waals surface area contributed by atoms with E-state index in [0.717, 1.165) is 0 Å². The Hall–Kier alpha value is -3.27. The summed E-state index contributed by atoms with van der Waals surface area (Å²) in [4.78, 5) is 59.6. The summed E-state index contributed by atoms with van der Waals surface area (Å²) >= 11 is 0. The van der Waals surface area contributed by atoms with E-state index in [-0.39, 0.29) is 39.3 Å². The maximum absolute atomic E-state index is 12.9. The molecule has 1 heterocycles. The number of carbonyl (C=O) groups excluding carboxylic acids is 4. The van der Waals surface area contributed by atoms with Crippen molar-refractivity contribution >= 4 is 32.0 Å². The van der Waals surface area contributed by atoms with E-state index in [1.54, 1.807) is 92.9 Å². The molecule has 1 aromatic heterocycles. The summed E-state index contributed by atoms with van der Waals surface area (Å²) < 4.78 is 22.2. The Morgan fingerprint density at radius 1 is 0.583 bits per heavy atom. The molecule has 1 rings (SSSR count). The highest BCUT2D eigenvalue weighted by atomic mass is 28.3. The molecule has 0 aliphatic carbocycles. The first-order chi connectivity index (χ1) is 21.5. The van der Waals surface area contributed by atoms with Gasteiger partial charge in [-0.25, -0.2) is 0 Å². The van der Waals surface area contributed by atoms with Crippen LogP contribution >= 0.6 is 0 Å². The van der Waals surface area contributed by atoms with Crippen LogP contribution in [0, 0.1) is 11.5 Å². The Morgan fingerprint density at radius 2 is 0.854 bits per heavy atom. The van der Waals surface area contributed by atoms with Gasteiger partial charge in [-0.2, -0.15) is 0 Å². The van der Waals surface area contributed by atoms with Crippen molar-refractivity contribution in [2.24, 2.45) is 0 Å². The number of ether oxygens (including phenoxy) is 4. The van der Waals surface area contributed by atoms with Crippen LogP contribution in [0.15, 0.2) is 12.1 Å². The van der Waals surface area contributed by atoms with Gasteiger partial charge in [-0.05, 0) is 95.2 Å². The Morgan fingerprint density at radius 3 is 1.08 bits per heavy atom. The Labute approximate surface area is 289 Å². The second kappa shape index (κ2) is 16.9. The lowest BCUT2D eigenvalue weighted by molar-refractivity contribution is -0.162. The molecule has 48 heavy (non-hydrogen) atoms. The summed E-state index contributed by atoms with van der Waals surface area (Å²) in [6.45, 7) is 27.2. The highest BCUT2D eigenvalue weighted by molar-refractivity contribution is 6.83. The van der Waals surface area contributed by atoms with Crippen LogP contribution in [0.2, 0.25) is 19.6 Å². The van der Waals surface area contributed by atoms with Crippen molar-refractivity contribution in [1.29, 1.82) is 0 Å². The molecular formula is C36H59N3O8Si. The van der Waals surface area contributed by atoms with Gasteiger partial charge in [0.05, 0.1) is 37.6 Å². The van der Waals surface area contributed by atoms with E-state index in [2.05, 4.69) is 31.1 Å². The van der Waals surface area contributed by atoms with E-state index in [1.165, 1.54) is 0 Å². The van der Waals surface area contributed by atoms with Gasteiger partial charge in [0, 0.05) is 18.7 Å². The van der Waals surface area contributed by atoms with E-state index >= 15 is 0 Å². The zero-order chi connectivity index (χ0) is 37.3. The summed E-state index contributed by atoms with van der Waals surface area (Å²) in [6, 6.07) is 3.64. The smallest absolute Gasteiger partial charge is 0.320 e. The molecule has 12 heteroatoms. The number of rotatable bonds is 12. The lowest BCUT2D eigenvalue weighted by atomic mass is 10.1. The van der Waals surface area contributed by atoms with E-state index in [1.807, 2.05) is 12.1 Å². The van der Waals surface area contributed by atoms with Crippen molar-refractivity contribution < 1.29 is 38.1 Å². The molecule has 11 nitrogen and oxygen atoms in total. The van der Waals surface area contributed by atoms with Crippen LogP contribution in [0.1, 0.15) is 100 Å². The van der Waals surface area contributed by atoms with Crippen LogP contribution in [0.25, 0.3) is 0 Å². The number of pyridine rings is 1. The zero-order valence-electron chi connectivity index (χ0n) is 32.0. The van der Waals surface area contributed by atoms with Crippen LogP contribution in [-0.4, -0.2) is 95.3 Å². The van der Waals surface area contributed by atoms with E-state index in [0.29, 0.717) is 17.0 Å². The van der Waals surface area contributed by atoms with Crippen molar-refractivity contribution in [1.82, 2.24) is 14.8 Å². The monoisotopic (exact) mass is 689 g/mol. The van der Waals surface area contributed by atoms with Crippen LogP contribution in [-0.2, 0) is 51.2 Å². The molecule has 0 bridgehead atoms. The van der Waals surface area contributed by atoms with Gasteiger partial charge < -0.3 is 18.9 Å². The third-order valence-corrected chi connectivity index (χ3v) is 6.25. The van der Waals surface area contributed by atoms with E-state index in [9.17, 15) is 19.2 Å². The van der Waals surface area contributed by atoms with Crippen LogP contribution in [0.5, 0.6) is 0 Å². The highest BCUT2D eigenvalue weighted by Gasteiger charge is 2.26. The fraction of sp³-hybridized carbons (Fsp3) is 0.694. The molecule has 0 unspecified atom stereocenters. The number of aromatic nitrogens is 1. The van der Waals surface area contributed by atoms with Gasteiger partial charge in [0.2, 0.25) is 0 Å². The van der Waals surface area contributed by atoms with Crippen LogP contribution in [0.3, 0.4) is 0 Å². The van der Waals surface area contributed by atoms with Crippen LogP contribution in [0.4, 0.5) is 0 Å². The predicted molar refractivity (Wildman–Crippen MR) is 188 cm³/mol. The van der Waals surface area contributed by atoms with Gasteiger partial charge >= 0.3 is 23.9 Å². The third kappa shape index (κ3) is 21.6. The SMILES string of the molecule is CC(C)(C)OC(=O)CN(CC(=O)OC(C)(C)C)Cc1cc(C#C[Si](C)(C)C)cc(CN(CC(=O)OC(C)(C)C)CC(=O)OC(C)(C)C)n1. The minimum atomic E-state index is -1.76. The summed E-state index contributed by atoms with van der Waals surface area (Å²) in [6.07, 6.45) is 0. The van der Waals surface area contributed by atoms with Gasteiger partial charge in [-0.3, -0.25) is 34.0 Å². The molecule has 0 saturated heterocycles. The molecule has 0 amide bonds. The molecule has 0 spiro atoms. The standard InChI is InChI=1S/C36H59N3O8Si/c1-33(2,3)44-29(40)22-38(23-30(41)45-34(4,5)6)20-27-18-26(16-17-48(13,14)15)19-28(37-27)21-39(24-31(42)46-35(7,8)9)25-32(43)47-36(10,11)12/h18-19H,20-25H2,1-15H3. The van der Waals surface area contributed by atoms with Crippen molar-refractivity contribution in [2.75, 3.05) is 26.2 Å². The predicted octanol–water partition coefficient (Wildman–Crippen LogP) is 5.28. The van der Waals surface area contributed by atoms with Crippen molar-refractivity contribution in [3.63, 3.8) is 0 Å². The second-order valence-electron chi connectivity index (χ2n) is 17.0. The fourth-order valence-electron chi connectivity index (χ4n) is 4.16. The minimum Gasteiger partial charge on any atom is -0.459 e. The second-order valence-corrected chi connectivity index (χ2v) is 21.7. The maximum Gasteiger partial charge on any atom is 0.320 e. The topological polar surface area (TPSA) is 125 Å². The number of hydrogen-bond acceptors (Lipinski definition) is 11. The first kappa shape index (κ1) is 42.7. The molecule has 0 aliphatic rings. The van der Waals surface area contributed by atoms with E-state index in [4.69, 9.17) is 23.9 Å². The average molecular weight is 690 g/mol. The fourth-order valence-corrected chi connectivity index (χ4v) is 4.68. The maximum atomic E-state index is 12.9. The van der Waals surface area contributed by atoms with Gasteiger partial charge in [0.25, 0.3) is 0 Å². The normalized spacial score (nSPS) is 12.7. The average Bonchev–Trinajstić information content (AvgIpc) is 2.76. The Balaban J connectivity index is 3.59. The zero-order valence-corrected chi connectivity index (χ0v) is 33.0. The number of nitrogens with zero attached hydrogens (tertiary/aromatic N) is 3. The summed E-state index contributed by atoms with van der Waals surface area (Å²) in [5, 5.41) is 0. The first-order valence-corrected chi connectivity index (χ1v) is 19.8. The number of esters is 4. The number of hydrogen-bond donors (Lipinski definition) is 0. The van der Waals surface area contributed by atoms with Crippen molar-refractivity contribution in [2.45, 2.75) is 138 Å². The van der Waals surface area contributed by atoms with Crippen molar-refractivity contribution in [3.8, 4) is 11.5 Å². The lowest BCUT2D eigenvalue weighted by Crippen LogP contribution is -2.40. The van der Waals surface area contributed by atoms with Gasteiger partial charge in [0.1, 0.15) is 30.5 Å². The van der Waals surface area contributed by atoms with Crippen LogP contribution < -0.4 is 0 Å². The summed E-state index contributed by atoms with van der Waals surface area (Å²) in [7, 11) is -1.76. The van der Waals surface area contributed by atoms with Gasteiger partial charge in [0.15, 0.2) is 0 Å². The third-order valence-electron chi connectivity index (χ3n) is 5.38. The molecular weight excluding hydrogens is 630 g/mol. The molecule has 0 saturated carbocycles.